The van der Waals surface area contributed by atoms with Crippen molar-refractivity contribution in [1.82, 2.24) is 15.2 Å². The summed E-state index contributed by atoms with van der Waals surface area (Å²) in [5.41, 5.74) is 3.60. The summed E-state index contributed by atoms with van der Waals surface area (Å²) in [4.78, 5) is 5.07. The smallest absolute Gasteiger partial charge is 0.130 e. The van der Waals surface area contributed by atoms with Crippen LogP contribution in [0.4, 0.5) is 0 Å². The molecule has 4 rings (SSSR count). The molecule has 0 bridgehead atoms. The van der Waals surface area contributed by atoms with Gasteiger partial charge in [-0.3, -0.25) is 20.2 Å². The van der Waals surface area contributed by atoms with Gasteiger partial charge in [0.25, 0.3) is 0 Å². The van der Waals surface area contributed by atoms with Gasteiger partial charge in [-0.25, -0.2) is 0 Å². The zero-order valence-electron chi connectivity index (χ0n) is 16.3. The normalized spacial score (nSPS) is 32.3. The van der Waals surface area contributed by atoms with E-state index in [0.717, 1.165) is 25.9 Å². The van der Waals surface area contributed by atoms with Crippen LogP contribution in [-0.4, -0.2) is 45.1 Å². The highest BCUT2D eigenvalue weighted by Crippen LogP contribution is 2.54. The van der Waals surface area contributed by atoms with E-state index in [1.807, 2.05) is 0 Å². The molecule has 1 aromatic rings. The van der Waals surface area contributed by atoms with Crippen molar-refractivity contribution in [2.75, 3.05) is 20.0 Å². The van der Waals surface area contributed by atoms with Gasteiger partial charge in [-0.2, -0.15) is 0 Å². The molecule has 2 aliphatic heterocycles. The van der Waals surface area contributed by atoms with Gasteiger partial charge in [-0.05, 0) is 35.1 Å². The lowest BCUT2D eigenvalue weighted by atomic mass is 9.86. The summed E-state index contributed by atoms with van der Waals surface area (Å²) in [5, 5.41) is 7.01. The van der Waals surface area contributed by atoms with E-state index >= 15 is 0 Å². The van der Waals surface area contributed by atoms with Crippen LogP contribution in [0.1, 0.15) is 25.3 Å². The van der Waals surface area contributed by atoms with Crippen molar-refractivity contribution in [3.63, 3.8) is 0 Å². The Morgan fingerprint density at radius 2 is 1.88 bits per heavy atom. The molecule has 1 aromatic carbocycles. The second-order valence-electron chi connectivity index (χ2n) is 8.50. The maximum Gasteiger partial charge on any atom is 0.130 e. The minimum Gasteiger partial charge on any atom is -0.299 e. The number of fused-ring (bicyclic) bond motifs is 1. The van der Waals surface area contributed by atoms with Gasteiger partial charge in [-0.15, -0.1) is 0 Å². The van der Waals surface area contributed by atoms with E-state index in [0.29, 0.717) is 17.5 Å². The highest BCUT2D eigenvalue weighted by molar-refractivity contribution is 6.76. The number of dihydropyridines is 1. The van der Waals surface area contributed by atoms with E-state index in [1.165, 1.54) is 24.0 Å². The Bertz CT molecular complexity index is 679. The number of hydrogen-bond acceptors (Lipinski definition) is 4. The largest absolute Gasteiger partial charge is 0.299 e. The molecule has 2 fully saturated rings. The second-order valence-corrected chi connectivity index (χ2v) is 13.1. The van der Waals surface area contributed by atoms with Crippen LogP contribution in [0.15, 0.2) is 41.4 Å². The lowest BCUT2D eigenvalue weighted by molar-refractivity contribution is 0.280. The summed E-state index contributed by atoms with van der Waals surface area (Å²) < 4.78 is 2.70. The summed E-state index contributed by atoms with van der Waals surface area (Å²) in [6.07, 6.45) is 6.91. The molecule has 0 spiro atoms. The minimum atomic E-state index is -1.62. The molecule has 1 aliphatic carbocycles. The van der Waals surface area contributed by atoms with Crippen LogP contribution in [0, 0.1) is 11.8 Å². The molecule has 5 heteroatoms. The number of nitrogens with zero attached hydrogens (tertiary/aromatic N) is 2. The van der Waals surface area contributed by atoms with Crippen LogP contribution in [0.5, 0.6) is 0 Å². The average molecular weight is 369 g/mol. The molecule has 2 N–H and O–H groups in total. The molecule has 2 heterocycles. The maximum absolute atomic E-state index is 5.07. The SMILES string of the molecule is CCC1CC2C(c3ccccc3)=CC=NC2C1[Si](C)(C)N1CNCNC1. The van der Waals surface area contributed by atoms with Crippen molar-refractivity contribution in [2.24, 2.45) is 16.8 Å². The third-order valence-corrected chi connectivity index (χ3v) is 11.3. The molecule has 0 amide bonds. The van der Waals surface area contributed by atoms with Crippen LogP contribution in [0.2, 0.25) is 18.6 Å². The number of nitrogens with one attached hydrogen (secondary N) is 2. The van der Waals surface area contributed by atoms with Crippen LogP contribution in [0.3, 0.4) is 0 Å². The lowest BCUT2D eigenvalue weighted by Crippen LogP contribution is -2.64. The van der Waals surface area contributed by atoms with Crippen molar-refractivity contribution in [2.45, 2.75) is 44.4 Å². The summed E-state index contributed by atoms with van der Waals surface area (Å²) in [7, 11) is -1.62. The van der Waals surface area contributed by atoms with E-state index in [2.05, 4.69) is 77.8 Å². The molecule has 1 saturated heterocycles. The van der Waals surface area contributed by atoms with Crippen molar-refractivity contribution in [3.05, 3.63) is 42.0 Å². The Balaban J connectivity index is 1.65. The van der Waals surface area contributed by atoms with Crippen molar-refractivity contribution >= 4 is 20.0 Å². The number of aliphatic imine (C=N–C) groups is 1. The molecule has 1 saturated carbocycles. The summed E-state index contributed by atoms with van der Waals surface area (Å²) in [5.74, 6) is 1.35. The Labute approximate surface area is 158 Å². The van der Waals surface area contributed by atoms with Crippen molar-refractivity contribution in [1.29, 1.82) is 0 Å². The molecule has 4 unspecified atom stereocenters. The van der Waals surface area contributed by atoms with E-state index in [9.17, 15) is 0 Å². The van der Waals surface area contributed by atoms with E-state index in [1.54, 1.807) is 0 Å². The predicted octanol–water partition coefficient (Wildman–Crippen LogP) is 3.51. The third-order valence-electron chi connectivity index (χ3n) is 6.87. The fourth-order valence-corrected chi connectivity index (χ4v) is 9.64. The third kappa shape index (κ3) is 3.11. The monoisotopic (exact) mass is 368 g/mol. The molecule has 4 atom stereocenters. The Morgan fingerprint density at radius 3 is 2.58 bits per heavy atom. The first-order chi connectivity index (χ1) is 12.6. The first-order valence-corrected chi connectivity index (χ1v) is 13.1. The summed E-state index contributed by atoms with van der Waals surface area (Å²) in [6, 6.07) is 11.4. The van der Waals surface area contributed by atoms with Gasteiger partial charge in [0.1, 0.15) is 8.24 Å². The van der Waals surface area contributed by atoms with Crippen LogP contribution >= 0.6 is 0 Å². The van der Waals surface area contributed by atoms with E-state index < -0.39 is 8.24 Å². The average Bonchev–Trinajstić information content (AvgIpc) is 3.09. The number of allylic oxidation sites excluding steroid dienone is 1. The Morgan fingerprint density at radius 1 is 1.15 bits per heavy atom. The maximum atomic E-state index is 5.07. The highest BCUT2D eigenvalue weighted by Gasteiger charge is 2.53. The van der Waals surface area contributed by atoms with Crippen LogP contribution < -0.4 is 10.6 Å². The quantitative estimate of drug-likeness (QED) is 0.799. The number of hydrogen-bond donors (Lipinski definition) is 2. The standard InChI is InChI=1S/C21H32N4Si/c1-4-16-12-19-18(17-8-6-5-7-9-17)10-11-24-20(19)21(16)26(2,3)25-14-22-13-23-15-25/h5-11,16,19-23H,4,12-15H2,1-3H3. The predicted molar refractivity (Wildman–Crippen MR) is 113 cm³/mol. The molecular formula is C21H32N4Si. The molecule has 4 nitrogen and oxygen atoms in total. The molecule has 3 aliphatic rings. The molecular weight excluding hydrogens is 336 g/mol. The lowest BCUT2D eigenvalue weighted by Gasteiger charge is -2.47. The van der Waals surface area contributed by atoms with E-state index in [4.69, 9.17) is 4.99 Å². The van der Waals surface area contributed by atoms with Gasteiger partial charge < -0.3 is 0 Å². The molecule has 0 aromatic heterocycles. The second kappa shape index (κ2) is 7.39. The summed E-state index contributed by atoms with van der Waals surface area (Å²) >= 11 is 0. The van der Waals surface area contributed by atoms with Crippen molar-refractivity contribution < 1.29 is 0 Å². The zero-order valence-corrected chi connectivity index (χ0v) is 17.3. The van der Waals surface area contributed by atoms with Gasteiger partial charge in [0.15, 0.2) is 0 Å². The topological polar surface area (TPSA) is 39.7 Å². The molecule has 0 radical (unpaired) electrons. The van der Waals surface area contributed by atoms with Gasteiger partial charge in [0.05, 0.1) is 6.04 Å². The first kappa shape index (κ1) is 18.1. The van der Waals surface area contributed by atoms with Gasteiger partial charge in [0, 0.05) is 32.1 Å². The fourth-order valence-electron chi connectivity index (χ4n) is 5.50. The minimum absolute atomic E-state index is 0.448. The van der Waals surface area contributed by atoms with Crippen LogP contribution in [-0.2, 0) is 0 Å². The Kier molecular flexibility index (Phi) is 5.15. The fraction of sp³-hybridized carbons (Fsp3) is 0.571. The van der Waals surface area contributed by atoms with Gasteiger partial charge in [0.2, 0.25) is 0 Å². The van der Waals surface area contributed by atoms with E-state index in [-0.39, 0.29) is 0 Å². The Hall–Kier alpha value is -1.27. The van der Waals surface area contributed by atoms with Crippen molar-refractivity contribution in [3.8, 4) is 0 Å². The number of rotatable bonds is 4. The highest BCUT2D eigenvalue weighted by atomic mass is 28.3. The van der Waals surface area contributed by atoms with Gasteiger partial charge in [-0.1, -0.05) is 56.8 Å². The zero-order chi connectivity index (χ0) is 18.1. The van der Waals surface area contributed by atoms with Crippen LogP contribution in [0.25, 0.3) is 5.57 Å². The first-order valence-electron chi connectivity index (χ1n) is 10.1. The molecule has 140 valence electrons. The number of benzene rings is 1. The summed E-state index contributed by atoms with van der Waals surface area (Å²) in [6.45, 7) is 10.5. The molecule has 26 heavy (non-hydrogen) atoms. The van der Waals surface area contributed by atoms with Gasteiger partial charge >= 0.3 is 0 Å².